The number of carbonyl (C=O) groups is 2. The summed E-state index contributed by atoms with van der Waals surface area (Å²) in [6, 6.07) is 15.4. The Morgan fingerprint density at radius 1 is 1.06 bits per heavy atom. The van der Waals surface area contributed by atoms with Crippen molar-refractivity contribution < 1.29 is 14.3 Å². The molecule has 1 aromatic carbocycles. The highest BCUT2D eigenvalue weighted by Crippen LogP contribution is 2.22. The Hall–Kier alpha value is -3.78. The predicted molar refractivity (Wildman–Crippen MR) is 131 cm³/mol. The molecule has 4 rings (SSSR count). The van der Waals surface area contributed by atoms with Crippen LogP contribution in [-0.2, 0) is 11.3 Å². The first-order valence-electron chi connectivity index (χ1n) is 11.4. The molecule has 2 aromatic heterocycles. The predicted octanol–water partition coefficient (Wildman–Crippen LogP) is 3.98. The minimum atomic E-state index is -0.321. The lowest BCUT2D eigenvalue weighted by molar-refractivity contribution is -0.114. The summed E-state index contributed by atoms with van der Waals surface area (Å²) in [5, 5.41) is 5.39. The number of hydrogen-bond donors (Lipinski definition) is 2. The molecule has 0 unspecified atom stereocenters. The van der Waals surface area contributed by atoms with Gasteiger partial charge in [-0.15, -0.1) is 0 Å². The van der Waals surface area contributed by atoms with Crippen molar-refractivity contribution in [3.8, 4) is 5.75 Å². The molecule has 0 bridgehead atoms. The van der Waals surface area contributed by atoms with Crippen LogP contribution in [0.2, 0.25) is 0 Å². The lowest BCUT2D eigenvalue weighted by atomic mass is 9.97. The van der Waals surface area contributed by atoms with E-state index in [2.05, 4.69) is 49.8 Å². The topological polar surface area (TPSA) is 96.5 Å². The van der Waals surface area contributed by atoms with E-state index in [1.807, 2.05) is 6.07 Å². The standard InChI is InChI=1S/C26H29N5O3/c1-19(32)29-25-13-22(7-10-28-25)26(33)30-23-14-24(16-27-15-23)34-18-21-8-11-31(12-9-21)17-20-5-3-2-4-6-20/h2-7,10,13-16,21H,8-9,11-12,17-18H2,1H3,(H,30,33)(H,28,29,32). The number of benzene rings is 1. The molecule has 8 heteroatoms. The molecular weight excluding hydrogens is 430 g/mol. The zero-order valence-corrected chi connectivity index (χ0v) is 19.2. The fourth-order valence-electron chi connectivity index (χ4n) is 3.96. The van der Waals surface area contributed by atoms with Gasteiger partial charge in [0.1, 0.15) is 11.6 Å². The van der Waals surface area contributed by atoms with Gasteiger partial charge in [-0.05, 0) is 49.5 Å². The number of ether oxygens (including phenoxy) is 1. The van der Waals surface area contributed by atoms with E-state index in [1.165, 1.54) is 24.8 Å². The molecule has 0 radical (unpaired) electrons. The molecule has 8 nitrogen and oxygen atoms in total. The maximum absolute atomic E-state index is 12.6. The third-order valence-corrected chi connectivity index (χ3v) is 5.74. The fraction of sp³-hybridized carbons (Fsp3) is 0.308. The van der Waals surface area contributed by atoms with Crippen LogP contribution in [0.4, 0.5) is 11.5 Å². The van der Waals surface area contributed by atoms with E-state index in [9.17, 15) is 9.59 Å². The first-order valence-corrected chi connectivity index (χ1v) is 11.4. The van der Waals surface area contributed by atoms with Gasteiger partial charge in [0.15, 0.2) is 0 Å². The molecule has 3 aromatic rings. The summed E-state index contributed by atoms with van der Waals surface area (Å²) >= 11 is 0. The quantitative estimate of drug-likeness (QED) is 0.529. The summed E-state index contributed by atoms with van der Waals surface area (Å²) in [7, 11) is 0. The number of rotatable bonds is 8. The molecule has 1 fully saturated rings. The van der Waals surface area contributed by atoms with Crippen LogP contribution in [0.3, 0.4) is 0 Å². The van der Waals surface area contributed by atoms with Crippen molar-refractivity contribution in [3.05, 3.63) is 78.2 Å². The highest BCUT2D eigenvalue weighted by Gasteiger charge is 2.20. The number of nitrogens with one attached hydrogen (secondary N) is 2. The van der Waals surface area contributed by atoms with E-state index in [1.54, 1.807) is 24.5 Å². The summed E-state index contributed by atoms with van der Waals surface area (Å²) in [6.45, 7) is 5.12. The van der Waals surface area contributed by atoms with Gasteiger partial charge in [0.2, 0.25) is 5.91 Å². The summed E-state index contributed by atoms with van der Waals surface area (Å²) in [5.41, 5.74) is 2.27. The molecule has 0 atom stereocenters. The SMILES string of the molecule is CC(=O)Nc1cc(C(=O)Nc2cncc(OCC3CCN(Cc4ccccc4)CC3)c2)ccn1. The molecule has 1 aliphatic heterocycles. The summed E-state index contributed by atoms with van der Waals surface area (Å²) in [5.74, 6) is 0.873. The summed E-state index contributed by atoms with van der Waals surface area (Å²) in [6.07, 6.45) is 6.89. The third kappa shape index (κ3) is 6.86. The van der Waals surface area contributed by atoms with Crippen LogP contribution < -0.4 is 15.4 Å². The van der Waals surface area contributed by atoms with Gasteiger partial charge in [-0.25, -0.2) is 4.98 Å². The zero-order valence-electron chi connectivity index (χ0n) is 19.2. The molecule has 1 aliphatic rings. The van der Waals surface area contributed by atoms with Crippen LogP contribution in [0, 0.1) is 5.92 Å². The first kappa shape index (κ1) is 23.4. The lowest BCUT2D eigenvalue weighted by Crippen LogP contribution is -2.35. The lowest BCUT2D eigenvalue weighted by Gasteiger charge is -2.31. The van der Waals surface area contributed by atoms with Gasteiger partial charge >= 0.3 is 0 Å². The minimum Gasteiger partial charge on any atom is -0.492 e. The molecule has 34 heavy (non-hydrogen) atoms. The van der Waals surface area contributed by atoms with E-state index in [0.29, 0.717) is 35.3 Å². The Labute approximate surface area is 199 Å². The van der Waals surface area contributed by atoms with Gasteiger partial charge in [0.05, 0.1) is 24.7 Å². The largest absolute Gasteiger partial charge is 0.492 e. The molecule has 3 heterocycles. The Morgan fingerprint density at radius 2 is 1.85 bits per heavy atom. The van der Waals surface area contributed by atoms with Crippen molar-refractivity contribution in [2.45, 2.75) is 26.3 Å². The van der Waals surface area contributed by atoms with Gasteiger partial charge in [0.25, 0.3) is 5.91 Å². The van der Waals surface area contributed by atoms with Crippen LogP contribution in [0.5, 0.6) is 5.75 Å². The first-order chi connectivity index (χ1) is 16.5. The summed E-state index contributed by atoms with van der Waals surface area (Å²) < 4.78 is 6.00. The Morgan fingerprint density at radius 3 is 2.62 bits per heavy atom. The number of piperidine rings is 1. The van der Waals surface area contributed by atoms with Crippen LogP contribution in [-0.4, -0.2) is 46.4 Å². The highest BCUT2D eigenvalue weighted by atomic mass is 16.5. The van der Waals surface area contributed by atoms with Crippen molar-refractivity contribution in [1.29, 1.82) is 0 Å². The number of hydrogen-bond acceptors (Lipinski definition) is 6. The fourth-order valence-corrected chi connectivity index (χ4v) is 3.96. The molecule has 176 valence electrons. The van der Waals surface area contributed by atoms with Gasteiger partial charge in [-0.1, -0.05) is 30.3 Å². The maximum Gasteiger partial charge on any atom is 0.255 e. The second kappa shape index (κ2) is 11.4. The summed E-state index contributed by atoms with van der Waals surface area (Å²) in [4.78, 5) is 34.5. The average molecular weight is 460 g/mol. The highest BCUT2D eigenvalue weighted by molar-refractivity contribution is 6.05. The van der Waals surface area contributed by atoms with Crippen molar-refractivity contribution in [2.75, 3.05) is 30.3 Å². The van der Waals surface area contributed by atoms with E-state index in [4.69, 9.17) is 4.74 Å². The van der Waals surface area contributed by atoms with Crippen LogP contribution in [0.1, 0.15) is 35.7 Å². The molecule has 0 aliphatic carbocycles. The number of likely N-dealkylation sites (tertiary alicyclic amines) is 1. The molecule has 2 N–H and O–H groups in total. The van der Waals surface area contributed by atoms with Crippen molar-refractivity contribution in [3.63, 3.8) is 0 Å². The second-order valence-electron chi connectivity index (χ2n) is 8.49. The minimum absolute atomic E-state index is 0.249. The monoisotopic (exact) mass is 459 g/mol. The molecule has 0 spiro atoms. The van der Waals surface area contributed by atoms with E-state index in [-0.39, 0.29) is 11.8 Å². The van der Waals surface area contributed by atoms with Crippen molar-refractivity contribution in [1.82, 2.24) is 14.9 Å². The van der Waals surface area contributed by atoms with Crippen molar-refractivity contribution in [2.24, 2.45) is 5.92 Å². The van der Waals surface area contributed by atoms with Gasteiger partial charge < -0.3 is 15.4 Å². The van der Waals surface area contributed by atoms with Crippen LogP contribution in [0.25, 0.3) is 0 Å². The number of pyridine rings is 2. The smallest absolute Gasteiger partial charge is 0.255 e. The molecule has 0 saturated carbocycles. The number of nitrogens with zero attached hydrogens (tertiary/aromatic N) is 3. The Balaban J connectivity index is 1.25. The number of amides is 2. The normalized spacial score (nSPS) is 14.4. The van der Waals surface area contributed by atoms with Gasteiger partial charge in [-0.3, -0.25) is 19.5 Å². The van der Waals surface area contributed by atoms with Crippen LogP contribution in [0.15, 0.2) is 67.1 Å². The van der Waals surface area contributed by atoms with E-state index >= 15 is 0 Å². The molecule has 2 amide bonds. The van der Waals surface area contributed by atoms with Gasteiger partial charge in [0, 0.05) is 31.3 Å². The average Bonchev–Trinajstić information content (AvgIpc) is 2.84. The van der Waals surface area contributed by atoms with Crippen LogP contribution >= 0.6 is 0 Å². The maximum atomic E-state index is 12.6. The number of carbonyl (C=O) groups excluding carboxylic acids is 2. The molecular formula is C26H29N5O3. The van der Waals surface area contributed by atoms with Crippen molar-refractivity contribution >= 4 is 23.3 Å². The third-order valence-electron chi connectivity index (χ3n) is 5.74. The Kier molecular flexibility index (Phi) is 7.83. The number of anilines is 2. The van der Waals surface area contributed by atoms with E-state index in [0.717, 1.165) is 32.5 Å². The number of aromatic nitrogens is 2. The zero-order chi connectivity index (χ0) is 23.8. The molecule has 1 saturated heterocycles. The second-order valence-corrected chi connectivity index (χ2v) is 8.49. The Bertz CT molecular complexity index is 1110. The van der Waals surface area contributed by atoms with Gasteiger partial charge in [-0.2, -0.15) is 0 Å². The van der Waals surface area contributed by atoms with E-state index < -0.39 is 0 Å².